The highest BCUT2D eigenvalue weighted by Gasteiger charge is 2.18. The van der Waals surface area contributed by atoms with Gasteiger partial charge in [-0.2, -0.15) is 0 Å². The van der Waals surface area contributed by atoms with Gasteiger partial charge in [-0.15, -0.1) is 0 Å². The molecule has 0 atom stereocenters. The number of para-hydroxylation sites is 1. The van der Waals surface area contributed by atoms with Gasteiger partial charge in [0.1, 0.15) is 17.2 Å². The molecule has 7 heteroatoms. The molecule has 2 aromatic heterocycles. The molecule has 0 spiro atoms. The lowest BCUT2D eigenvalue weighted by atomic mass is 10.2. The average molecular weight is 419 g/mol. The molecule has 0 bridgehead atoms. The fraction of sp³-hybridized carbons (Fsp3) is 0.292. The Morgan fingerprint density at radius 2 is 1.77 bits per heavy atom. The van der Waals surface area contributed by atoms with E-state index in [1.54, 1.807) is 22.8 Å². The Labute approximate surface area is 179 Å². The zero-order valence-corrected chi connectivity index (χ0v) is 18.1. The first-order valence-corrected chi connectivity index (χ1v) is 10.3. The number of nitrogens with zero attached hydrogens (tertiary/aromatic N) is 3. The van der Waals surface area contributed by atoms with Crippen molar-refractivity contribution in [2.45, 2.75) is 40.3 Å². The monoisotopic (exact) mass is 419 g/mol. The quantitative estimate of drug-likeness (QED) is 0.469. The molecule has 0 amide bonds. The highest BCUT2D eigenvalue weighted by Crippen LogP contribution is 2.25. The van der Waals surface area contributed by atoms with Crippen LogP contribution in [0.2, 0.25) is 0 Å². The van der Waals surface area contributed by atoms with E-state index >= 15 is 0 Å². The van der Waals surface area contributed by atoms with Crippen LogP contribution in [0.1, 0.15) is 38.3 Å². The van der Waals surface area contributed by atoms with E-state index in [2.05, 4.69) is 4.98 Å². The lowest BCUT2D eigenvalue weighted by Gasteiger charge is -2.15. The molecule has 0 fully saturated rings. The summed E-state index contributed by atoms with van der Waals surface area (Å²) in [4.78, 5) is 30.7. The molecular weight excluding hydrogens is 394 g/mol. The van der Waals surface area contributed by atoms with Crippen LogP contribution < -0.4 is 16.0 Å². The lowest BCUT2D eigenvalue weighted by Crippen LogP contribution is -2.41. The van der Waals surface area contributed by atoms with Gasteiger partial charge in [0, 0.05) is 11.6 Å². The first-order valence-electron chi connectivity index (χ1n) is 10.3. The molecule has 7 nitrogen and oxygen atoms in total. The van der Waals surface area contributed by atoms with E-state index in [0.717, 1.165) is 11.3 Å². The summed E-state index contributed by atoms with van der Waals surface area (Å²) in [6.45, 7) is 8.22. The minimum absolute atomic E-state index is 0.207. The molecule has 0 aliphatic carbocycles. The molecule has 0 saturated heterocycles. The summed E-state index contributed by atoms with van der Waals surface area (Å²) in [5.41, 5.74) is 1.41. The summed E-state index contributed by atoms with van der Waals surface area (Å²) in [5.74, 6) is 1.89. The molecule has 0 aliphatic rings. The summed E-state index contributed by atoms with van der Waals surface area (Å²) in [6.07, 6.45) is 0. The number of fused-ring (bicyclic) bond motifs is 1. The highest BCUT2D eigenvalue weighted by atomic mass is 16.5. The first kappa shape index (κ1) is 20.7. The van der Waals surface area contributed by atoms with Crippen molar-refractivity contribution in [3.05, 3.63) is 80.8 Å². The predicted molar refractivity (Wildman–Crippen MR) is 120 cm³/mol. The number of ether oxygens (including phenoxy) is 1. The molecule has 0 aliphatic heterocycles. The number of rotatable bonds is 6. The average Bonchev–Trinajstić information content (AvgIpc) is 3.12. The summed E-state index contributed by atoms with van der Waals surface area (Å²) in [7, 11) is 0. The Kier molecular flexibility index (Phi) is 5.50. The minimum Gasteiger partial charge on any atom is -0.494 e. The molecule has 0 unspecified atom stereocenters. The van der Waals surface area contributed by atoms with E-state index < -0.39 is 0 Å². The number of oxazole rings is 1. The van der Waals surface area contributed by atoms with Crippen molar-refractivity contribution in [1.82, 2.24) is 14.1 Å². The Balaban J connectivity index is 1.78. The summed E-state index contributed by atoms with van der Waals surface area (Å²) in [6, 6.07) is 14.4. The van der Waals surface area contributed by atoms with Crippen molar-refractivity contribution in [1.29, 1.82) is 0 Å². The van der Waals surface area contributed by atoms with Crippen LogP contribution in [0.25, 0.3) is 22.4 Å². The van der Waals surface area contributed by atoms with E-state index in [1.165, 1.54) is 4.57 Å². The summed E-state index contributed by atoms with van der Waals surface area (Å²) >= 11 is 0. The second-order valence-electron chi connectivity index (χ2n) is 7.63. The molecule has 0 N–H and O–H groups in total. The number of hydrogen-bond acceptors (Lipinski definition) is 5. The number of aromatic nitrogens is 3. The maximum absolute atomic E-state index is 13.2. The SMILES string of the molecule is CCOc1ccc(-c2nc(Cn3c(=O)n(C(C)C)c(=O)c4ccccc43)c(C)o2)cc1. The maximum Gasteiger partial charge on any atom is 0.332 e. The van der Waals surface area contributed by atoms with E-state index in [9.17, 15) is 9.59 Å². The number of benzene rings is 2. The van der Waals surface area contributed by atoms with Crippen LogP contribution in [0.5, 0.6) is 5.75 Å². The zero-order chi connectivity index (χ0) is 22.1. The van der Waals surface area contributed by atoms with Gasteiger partial charge >= 0.3 is 5.69 Å². The lowest BCUT2D eigenvalue weighted by molar-refractivity contribution is 0.340. The Morgan fingerprint density at radius 1 is 1.06 bits per heavy atom. The van der Waals surface area contributed by atoms with Gasteiger partial charge in [0.05, 0.1) is 24.1 Å². The van der Waals surface area contributed by atoms with Gasteiger partial charge in [-0.25, -0.2) is 9.78 Å². The van der Waals surface area contributed by atoms with Gasteiger partial charge in [-0.3, -0.25) is 13.9 Å². The highest BCUT2D eigenvalue weighted by molar-refractivity contribution is 5.78. The smallest absolute Gasteiger partial charge is 0.332 e. The van der Waals surface area contributed by atoms with Gasteiger partial charge in [0.25, 0.3) is 5.56 Å². The van der Waals surface area contributed by atoms with Crippen molar-refractivity contribution in [3.8, 4) is 17.2 Å². The molecule has 4 aromatic rings. The Morgan fingerprint density at radius 3 is 2.45 bits per heavy atom. The Hall–Kier alpha value is -3.61. The van der Waals surface area contributed by atoms with Crippen molar-refractivity contribution in [2.75, 3.05) is 6.61 Å². The van der Waals surface area contributed by atoms with Gasteiger partial charge < -0.3 is 9.15 Å². The molecule has 0 saturated carbocycles. The first-order chi connectivity index (χ1) is 14.9. The molecular formula is C24H25N3O4. The van der Waals surface area contributed by atoms with Gasteiger partial charge in [0.2, 0.25) is 5.89 Å². The van der Waals surface area contributed by atoms with Gasteiger partial charge in [-0.1, -0.05) is 12.1 Å². The molecule has 0 radical (unpaired) electrons. The molecule has 2 aromatic carbocycles. The van der Waals surface area contributed by atoms with Crippen molar-refractivity contribution in [2.24, 2.45) is 0 Å². The van der Waals surface area contributed by atoms with Crippen LogP contribution in [0, 0.1) is 6.92 Å². The fourth-order valence-electron chi connectivity index (χ4n) is 3.66. The second kappa shape index (κ2) is 8.26. The van der Waals surface area contributed by atoms with Crippen molar-refractivity contribution in [3.63, 3.8) is 0 Å². The van der Waals surface area contributed by atoms with Crippen molar-refractivity contribution >= 4 is 10.9 Å². The second-order valence-corrected chi connectivity index (χ2v) is 7.63. The number of hydrogen-bond donors (Lipinski definition) is 0. The zero-order valence-electron chi connectivity index (χ0n) is 18.1. The van der Waals surface area contributed by atoms with Crippen LogP contribution >= 0.6 is 0 Å². The largest absolute Gasteiger partial charge is 0.494 e. The third-order valence-electron chi connectivity index (χ3n) is 5.21. The maximum atomic E-state index is 13.2. The van der Waals surface area contributed by atoms with Crippen molar-refractivity contribution < 1.29 is 9.15 Å². The van der Waals surface area contributed by atoms with Gasteiger partial charge in [-0.05, 0) is 64.1 Å². The van der Waals surface area contributed by atoms with E-state index in [4.69, 9.17) is 9.15 Å². The minimum atomic E-state index is -0.358. The number of aryl methyl sites for hydroxylation is 1. The Bertz CT molecular complexity index is 1340. The van der Waals surface area contributed by atoms with E-state index in [1.807, 2.05) is 58.0 Å². The molecule has 2 heterocycles. The summed E-state index contributed by atoms with van der Waals surface area (Å²) < 4.78 is 14.2. The van der Waals surface area contributed by atoms with Crippen LogP contribution in [0.4, 0.5) is 0 Å². The van der Waals surface area contributed by atoms with Crippen LogP contribution in [0.15, 0.2) is 62.5 Å². The molecule has 4 rings (SSSR count). The van der Waals surface area contributed by atoms with E-state index in [0.29, 0.717) is 34.9 Å². The molecule has 160 valence electrons. The van der Waals surface area contributed by atoms with Crippen LogP contribution in [-0.4, -0.2) is 20.7 Å². The fourth-order valence-corrected chi connectivity index (χ4v) is 3.66. The predicted octanol–water partition coefficient (Wildman–Crippen LogP) is 4.15. The molecule has 31 heavy (non-hydrogen) atoms. The van der Waals surface area contributed by atoms with E-state index in [-0.39, 0.29) is 23.8 Å². The standard InChI is InChI=1S/C24H25N3O4/c1-5-30-18-12-10-17(11-13-18)22-25-20(16(4)31-22)14-26-21-9-7-6-8-19(21)23(28)27(15(2)3)24(26)29/h6-13,15H,5,14H2,1-4H3. The third-order valence-corrected chi connectivity index (χ3v) is 5.21. The van der Waals surface area contributed by atoms with Crippen LogP contribution in [-0.2, 0) is 6.54 Å². The normalized spacial score (nSPS) is 11.4. The summed E-state index contributed by atoms with van der Waals surface area (Å²) in [5, 5.41) is 0.503. The topological polar surface area (TPSA) is 79.3 Å². The van der Waals surface area contributed by atoms with Gasteiger partial charge in [0.15, 0.2) is 0 Å². The van der Waals surface area contributed by atoms with Crippen LogP contribution in [0.3, 0.4) is 0 Å². The third kappa shape index (κ3) is 3.79.